The van der Waals surface area contributed by atoms with Crippen LogP contribution < -0.4 is 0 Å². The van der Waals surface area contributed by atoms with E-state index in [2.05, 4.69) is 45.3 Å². The lowest BCUT2D eigenvalue weighted by molar-refractivity contribution is 0.0978. The van der Waals surface area contributed by atoms with Crippen LogP contribution in [0.1, 0.15) is 63.6 Å². The highest BCUT2D eigenvalue weighted by Crippen LogP contribution is 2.42. The van der Waals surface area contributed by atoms with Gasteiger partial charge in [0, 0.05) is 23.5 Å². The Morgan fingerprint density at radius 3 is 2.72 bits per heavy atom. The van der Waals surface area contributed by atoms with Crippen molar-refractivity contribution in [3.63, 3.8) is 0 Å². The van der Waals surface area contributed by atoms with Crippen molar-refractivity contribution >= 4 is 0 Å². The topological polar surface area (TPSA) is 25.2 Å². The molecule has 0 bridgehead atoms. The number of aromatic nitrogens is 1. The van der Waals surface area contributed by atoms with Crippen molar-refractivity contribution in [3.05, 3.63) is 23.0 Å². The number of aliphatic hydroxyl groups is 1. The van der Waals surface area contributed by atoms with Gasteiger partial charge >= 0.3 is 0 Å². The summed E-state index contributed by atoms with van der Waals surface area (Å²) in [6.07, 6.45) is 2.90. The van der Waals surface area contributed by atoms with Gasteiger partial charge in [0.15, 0.2) is 0 Å². The predicted molar refractivity (Wildman–Crippen MR) is 75.7 cm³/mol. The molecule has 18 heavy (non-hydrogen) atoms. The minimum atomic E-state index is -0.275. The van der Waals surface area contributed by atoms with Crippen molar-refractivity contribution in [2.45, 2.75) is 66.5 Å². The van der Waals surface area contributed by atoms with Gasteiger partial charge in [-0.2, -0.15) is 0 Å². The van der Waals surface area contributed by atoms with Crippen molar-refractivity contribution in [3.8, 4) is 0 Å². The number of hydrogen-bond donors (Lipinski definition) is 1. The Balaban J connectivity index is 2.32. The Labute approximate surface area is 111 Å². The van der Waals surface area contributed by atoms with E-state index >= 15 is 0 Å². The van der Waals surface area contributed by atoms with Gasteiger partial charge in [0.2, 0.25) is 0 Å². The van der Waals surface area contributed by atoms with Crippen LogP contribution >= 0.6 is 0 Å². The maximum Gasteiger partial charge on any atom is 0.0812 e. The Kier molecular flexibility index (Phi) is 3.59. The fourth-order valence-corrected chi connectivity index (χ4v) is 3.10. The molecule has 2 rings (SSSR count). The van der Waals surface area contributed by atoms with Gasteiger partial charge in [-0.3, -0.25) is 0 Å². The lowest BCUT2D eigenvalue weighted by Gasteiger charge is -2.34. The average Bonchev–Trinajstić information content (AvgIpc) is 2.50. The Hall–Kier alpha value is -0.760. The minimum Gasteiger partial charge on any atom is -0.388 e. The van der Waals surface area contributed by atoms with Gasteiger partial charge in [0.05, 0.1) is 6.10 Å². The summed E-state index contributed by atoms with van der Waals surface area (Å²) < 4.78 is 2.43. The first kappa shape index (κ1) is 13.7. The van der Waals surface area contributed by atoms with Crippen LogP contribution in [0.4, 0.5) is 0 Å². The highest BCUT2D eigenvalue weighted by atomic mass is 16.3. The van der Waals surface area contributed by atoms with Crippen LogP contribution in [0.15, 0.2) is 6.07 Å². The molecule has 1 aromatic rings. The van der Waals surface area contributed by atoms with Crippen molar-refractivity contribution < 1.29 is 5.11 Å². The third-order valence-corrected chi connectivity index (χ3v) is 4.13. The molecule has 1 N–H and O–H groups in total. The molecule has 1 heterocycles. The minimum absolute atomic E-state index is 0.215. The van der Waals surface area contributed by atoms with Crippen molar-refractivity contribution in [1.29, 1.82) is 0 Å². The smallest absolute Gasteiger partial charge is 0.0812 e. The largest absolute Gasteiger partial charge is 0.388 e. The molecule has 0 radical (unpaired) electrons. The second kappa shape index (κ2) is 4.73. The van der Waals surface area contributed by atoms with E-state index in [0.717, 1.165) is 25.3 Å². The SMILES string of the molecule is Cc1cc2c(n1CCC(C)C)CC(C)(C)CC2O. The summed E-state index contributed by atoms with van der Waals surface area (Å²) >= 11 is 0. The summed E-state index contributed by atoms with van der Waals surface area (Å²) in [7, 11) is 0. The molecule has 0 saturated carbocycles. The van der Waals surface area contributed by atoms with Gasteiger partial charge in [-0.05, 0) is 43.6 Å². The van der Waals surface area contributed by atoms with Crippen LogP contribution in [0.3, 0.4) is 0 Å². The summed E-state index contributed by atoms with van der Waals surface area (Å²) in [6.45, 7) is 12.3. The van der Waals surface area contributed by atoms with E-state index in [9.17, 15) is 5.11 Å². The molecule has 1 atom stereocenters. The first-order chi connectivity index (χ1) is 8.30. The zero-order valence-electron chi connectivity index (χ0n) is 12.5. The van der Waals surface area contributed by atoms with Crippen LogP contribution in [0.25, 0.3) is 0 Å². The number of rotatable bonds is 3. The van der Waals surface area contributed by atoms with Crippen molar-refractivity contribution in [2.24, 2.45) is 11.3 Å². The van der Waals surface area contributed by atoms with E-state index in [0.29, 0.717) is 0 Å². The quantitative estimate of drug-likeness (QED) is 0.865. The summed E-state index contributed by atoms with van der Waals surface area (Å²) in [4.78, 5) is 0. The monoisotopic (exact) mass is 249 g/mol. The molecule has 0 fully saturated rings. The molecule has 0 saturated heterocycles. The first-order valence-electron chi connectivity index (χ1n) is 7.17. The third-order valence-electron chi connectivity index (χ3n) is 4.13. The van der Waals surface area contributed by atoms with Crippen LogP contribution in [0.2, 0.25) is 0 Å². The Bertz CT molecular complexity index is 429. The second-order valence-electron chi connectivity index (χ2n) is 7.08. The Morgan fingerprint density at radius 1 is 1.44 bits per heavy atom. The lowest BCUT2D eigenvalue weighted by Crippen LogP contribution is -2.27. The maximum absolute atomic E-state index is 10.3. The fraction of sp³-hybridized carbons (Fsp3) is 0.750. The van der Waals surface area contributed by atoms with Crippen LogP contribution in [0, 0.1) is 18.3 Å². The summed E-state index contributed by atoms with van der Waals surface area (Å²) in [5.74, 6) is 0.726. The van der Waals surface area contributed by atoms with E-state index in [1.807, 2.05) is 0 Å². The molecule has 1 aliphatic rings. The number of aryl methyl sites for hydroxylation is 1. The molecule has 1 aromatic heterocycles. The highest BCUT2D eigenvalue weighted by molar-refractivity contribution is 5.33. The standard InChI is InChI=1S/C16H27NO/c1-11(2)6-7-17-12(3)8-13-14(17)9-16(4,5)10-15(13)18/h8,11,15,18H,6-7,9-10H2,1-5H3. The lowest BCUT2D eigenvalue weighted by atomic mass is 9.75. The van der Waals surface area contributed by atoms with E-state index in [1.54, 1.807) is 0 Å². The predicted octanol–water partition coefficient (Wildman–Crippen LogP) is 3.85. The molecule has 2 nitrogen and oxygen atoms in total. The second-order valence-corrected chi connectivity index (χ2v) is 7.08. The van der Waals surface area contributed by atoms with E-state index in [-0.39, 0.29) is 11.5 Å². The number of nitrogens with zero attached hydrogens (tertiary/aromatic N) is 1. The number of fused-ring (bicyclic) bond motifs is 1. The molecule has 0 aromatic carbocycles. The first-order valence-corrected chi connectivity index (χ1v) is 7.17. The summed E-state index contributed by atoms with van der Waals surface area (Å²) in [5, 5.41) is 10.3. The number of aliphatic hydroxyl groups excluding tert-OH is 1. The zero-order valence-corrected chi connectivity index (χ0v) is 12.5. The van der Waals surface area contributed by atoms with Crippen molar-refractivity contribution in [1.82, 2.24) is 4.57 Å². The van der Waals surface area contributed by atoms with Crippen molar-refractivity contribution in [2.75, 3.05) is 0 Å². The maximum atomic E-state index is 10.3. The van der Waals surface area contributed by atoms with Gasteiger partial charge in [-0.1, -0.05) is 27.7 Å². The van der Waals surface area contributed by atoms with Crippen LogP contribution in [-0.4, -0.2) is 9.67 Å². The molecule has 0 spiro atoms. The normalized spacial score (nSPS) is 22.3. The molecule has 1 aliphatic carbocycles. The Morgan fingerprint density at radius 2 is 2.11 bits per heavy atom. The van der Waals surface area contributed by atoms with Crippen LogP contribution in [0.5, 0.6) is 0 Å². The molecular formula is C16H27NO. The third kappa shape index (κ3) is 2.64. The van der Waals surface area contributed by atoms with Gasteiger partial charge < -0.3 is 9.67 Å². The van der Waals surface area contributed by atoms with E-state index in [4.69, 9.17) is 0 Å². The molecule has 2 heteroatoms. The molecule has 1 unspecified atom stereocenters. The zero-order chi connectivity index (χ0) is 13.5. The fourth-order valence-electron chi connectivity index (χ4n) is 3.10. The molecular weight excluding hydrogens is 222 g/mol. The summed E-state index contributed by atoms with van der Waals surface area (Å²) in [6, 6.07) is 2.19. The molecule has 0 amide bonds. The van der Waals surface area contributed by atoms with Crippen LogP contribution in [-0.2, 0) is 13.0 Å². The average molecular weight is 249 g/mol. The van der Waals surface area contributed by atoms with Gasteiger partial charge in [-0.25, -0.2) is 0 Å². The van der Waals surface area contributed by atoms with Gasteiger partial charge in [0.1, 0.15) is 0 Å². The highest BCUT2D eigenvalue weighted by Gasteiger charge is 2.33. The van der Waals surface area contributed by atoms with E-state index in [1.165, 1.54) is 23.4 Å². The van der Waals surface area contributed by atoms with Gasteiger partial charge in [-0.15, -0.1) is 0 Å². The van der Waals surface area contributed by atoms with E-state index < -0.39 is 0 Å². The number of hydrogen-bond acceptors (Lipinski definition) is 1. The molecule has 0 aliphatic heterocycles. The summed E-state index contributed by atoms with van der Waals surface area (Å²) in [5.41, 5.74) is 4.07. The van der Waals surface area contributed by atoms with Gasteiger partial charge in [0.25, 0.3) is 0 Å². The molecule has 102 valence electrons.